The number of rotatable bonds is 2. The van der Waals surface area contributed by atoms with Gasteiger partial charge in [0.2, 0.25) is 0 Å². The van der Waals surface area contributed by atoms with Gasteiger partial charge in [-0.25, -0.2) is 4.68 Å². The second kappa shape index (κ2) is 4.77. The molecule has 3 heterocycles. The van der Waals surface area contributed by atoms with E-state index < -0.39 is 0 Å². The lowest BCUT2D eigenvalue weighted by molar-refractivity contribution is 0.0911. The third kappa shape index (κ3) is 2.54. The summed E-state index contributed by atoms with van der Waals surface area (Å²) in [7, 11) is 0. The van der Waals surface area contributed by atoms with Gasteiger partial charge in [-0.15, -0.1) is 0 Å². The number of hydrogen-bond donors (Lipinski definition) is 1. The maximum Gasteiger partial charge on any atom is 0.270 e. The van der Waals surface area contributed by atoms with Gasteiger partial charge in [0.25, 0.3) is 5.91 Å². The van der Waals surface area contributed by atoms with Crippen LogP contribution < -0.4 is 5.32 Å². The van der Waals surface area contributed by atoms with Gasteiger partial charge in [-0.3, -0.25) is 4.79 Å². The van der Waals surface area contributed by atoms with Crippen LogP contribution in [-0.2, 0) is 0 Å². The highest BCUT2D eigenvalue weighted by Crippen LogP contribution is 2.16. The molecule has 0 bridgehead atoms. The molecule has 3 aromatic rings. The first-order chi connectivity index (χ1) is 9.96. The van der Waals surface area contributed by atoms with Gasteiger partial charge < -0.3 is 9.72 Å². The number of nitrogens with zero attached hydrogens (tertiary/aromatic N) is 3. The zero-order chi connectivity index (χ0) is 15.0. The summed E-state index contributed by atoms with van der Waals surface area (Å²) >= 11 is 0. The highest BCUT2D eigenvalue weighted by molar-refractivity contribution is 5.93. The maximum absolute atomic E-state index is 12.4. The van der Waals surface area contributed by atoms with Gasteiger partial charge in [-0.05, 0) is 51.1 Å². The first kappa shape index (κ1) is 13.4. The Bertz CT molecular complexity index is 792. The number of hydrogen-bond acceptors (Lipinski definition) is 2. The van der Waals surface area contributed by atoms with Crippen LogP contribution in [0.4, 0.5) is 0 Å². The number of aromatic nitrogens is 3. The fourth-order valence-electron chi connectivity index (χ4n) is 2.28. The summed E-state index contributed by atoms with van der Waals surface area (Å²) in [4.78, 5) is 12.4. The molecule has 0 spiro atoms. The molecule has 0 aromatic carbocycles. The topological polar surface area (TPSA) is 51.3 Å². The number of carbonyl (C=O) groups is 1. The largest absolute Gasteiger partial charge is 0.346 e. The average Bonchev–Trinajstić information content (AvgIpc) is 3.02. The molecule has 0 saturated carbocycles. The number of fused-ring (bicyclic) bond motifs is 1. The molecule has 3 aromatic heterocycles. The summed E-state index contributed by atoms with van der Waals surface area (Å²) < 4.78 is 3.66. The molecule has 1 amide bonds. The molecule has 1 N–H and O–H groups in total. The summed E-state index contributed by atoms with van der Waals surface area (Å²) in [6.07, 6.45) is 3.59. The van der Waals surface area contributed by atoms with Crippen molar-refractivity contribution in [1.29, 1.82) is 0 Å². The molecule has 0 aliphatic carbocycles. The monoisotopic (exact) mass is 282 g/mol. The summed E-state index contributed by atoms with van der Waals surface area (Å²) in [5, 5.41) is 7.26. The van der Waals surface area contributed by atoms with Crippen molar-refractivity contribution < 1.29 is 4.79 Å². The Morgan fingerprint density at radius 2 is 1.95 bits per heavy atom. The van der Waals surface area contributed by atoms with Crippen LogP contribution in [-0.4, -0.2) is 25.6 Å². The fraction of sp³-hybridized carbons (Fsp3) is 0.250. The molecule has 108 valence electrons. The second-order valence-corrected chi connectivity index (χ2v) is 6.02. The first-order valence-corrected chi connectivity index (χ1v) is 6.89. The van der Waals surface area contributed by atoms with Gasteiger partial charge in [-0.1, -0.05) is 6.07 Å². The predicted octanol–water partition coefficient (Wildman–Crippen LogP) is 2.65. The standard InChI is InChI=1S/C16H18N4O/c1-16(2,3)18-15(21)13-9-10-17-20(13)14-8-7-12-6-4-5-11-19(12)14/h4-11H,1-3H3,(H,18,21). The van der Waals surface area contributed by atoms with Crippen molar-refractivity contribution >= 4 is 11.4 Å². The molecule has 0 aliphatic rings. The van der Waals surface area contributed by atoms with Crippen molar-refractivity contribution in [3.05, 3.63) is 54.5 Å². The Morgan fingerprint density at radius 1 is 1.14 bits per heavy atom. The Balaban J connectivity index is 2.05. The van der Waals surface area contributed by atoms with E-state index in [0.717, 1.165) is 11.3 Å². The van der Waals surface area contributed by atoms with E-state index in [0.29, 0.717) is 5.69 Å². The number of nitrogens with one attached hydrogen (secondary N) is 1. The molecule has 0 saturated heterocycles. The molecule has 0 fully saturated rings. The smallest absolute Gasteiger partial charge is 0.270 e. The van der Waals surface area contributed by atoms with E-state index in [-0.39, 0.29) is 11.4 Å². The molecule has 0 radical (unpaired) electrons. The fourth-order valence-corrected chi connectivity index (χ4v) is 2.28. The van der Waals surface area contributed by atoms with Crippen molar-refractivity contribution in [2.75, 3.05) is 0 Å². The van der Waals surface area contributed by atoms with Crippen molar-refractivity contribution in [2.45, 2.75) is 26.3 Å². The first-order valence-electron chi connectivity index (χ1n) is 6.89. The molecule has 5 nitrogen and oxygen atoms in total. The molecule has 5 heteroatoms. The van der Waals surface area contributed by atoms with E-state index in [1.807, 2.05) is 61.7 Å². The molecule has 0 atom stereocenters. The van der Waals surface area contributed by atoms with E-state index in [9.17, 15) is 4.79 Å². The van der Waals surface area contributed by atoms with Crippen LogP contribution >= 0.6 is 0 Å². The lowest BCUT2D eigenvalue weighted by Gasteiger charge is -2.20. The van der Waals surface area contributed by atoms with Gasteiger partial charge >= 0.3 is 0 Å². The summed E-state index contributed by atoms with van der Waals surface area (Å²) in [6, 6.07) is 11.6. The number of amides is 1. The molecular weight excluding hydrogens is 264 g/mol. The third-order valence-electron chi connectivity index (χ3n) is 3.12. The van der Waals surface area contributed by atoms with Crippen molar-refractivity contribution in [3.8, 4) is 5.82 Å². The SMILES string of the molecule is CC(C)(C)NC(=O)c1ccnn1-c1ccc2ccccn12. The van der Waals surface area contributed by atoms with E-state index >= 15 is 0 Å². The molecular formula is C16H18N4O. The van der Waals surface area contributed by atoms with E-state index in [1.165, 1.54) is 0 Å². The van der Waals surface area contributed by atoms with Crippen molar-refractivity contribution in [3.63, 3.8) is 0 Å². The van der Waals surface area contributed by atoms with E-state index in [4.69, 9.17) is 0 Å². The van der Waals surface area contributed by atoms with E-state index in [2.05, 4.69) is 10.4 Å². The van der Waals surface area contributed by atoms with Crippen LogP contribution in [0.3, 0.4) is 0 Å². The Hall–Kier alpha value is -2.56. The van der Waals surface area contributed by atoms with Crippen LogP contribution in [0, 0.1) is 0 Å². The Morgan fingerprint density at radius 3 is 2.71 bits per heavy atom. The van der Waals surface area contributed by atoms with Crippen LogP contribution in [0.15, 0.2) is 48.8 Å². The Kier molecular flexibility index (Phi) is 3.05. The minimum Gasteiger partial charge on any atom is -0.346 e. The second-order valence-electron chi connectivity index (χ2n) is 6.02. The molecule has 21 heavy (non-hydrogen) atoms. The van der Waals surface area contributed by atoms with Gasteiger partial charge in [0.1, 0.15) is 11.5 Å². The van der Waals surface area contributed by atoms with Gasteiger partial charge in [0.15, 0.2) is 0 Å². The highest BCUT2D eigenvalue weighted by atomic mass is 16.2. The van der Waals surface area contributed by atoms with E-state index in [1.54, 1.807) is 16.9 Å². The predicted molar refractivity (Wildman–Crippen MR) is 81.7 cm³/mol. The third-order valence-corrected chi connectivity index (χ3v) is 3.12. The average molecular weight is 282 g/mol. The molecule has 0 aliphatic heterocycles. The van der Waals surface area contributed by atoms with Gasteiger partial charge in [0, 0.05) is 17.3 Å². The number of carbonyl (C=O) groups excluding carboxylic acids is 1. The maximum atomic E-state index is 12.4. The lowest BCUT2D eigenvalue weighted by Crippen LogP contribution is -2.41. The highest BCUT2D eigenvalue weighted by Gasteiger charge is 2.20. The normalized spacial score (nSPS) is 11.8. The Labute approximate surface area is 123 Å². The number of pyridine rings is 1. The lowest BCUT2D eigenvalue weighted by atomic mass is 10.1. The van der Waals surface area contributed by atoms with Gasteiger partial charge in [0.05, 0.1) is 6.20 Å². The quantitative estimate of drug-likeness (QED) is 0.785. The summed E-state index contributed by atoms with van der Waals surface area (Å²) in [5.74, 6) is 0.709. The minimum atomic E-state index is -0.284. The minimum absolute atomic E-state index is 0.133. The summed E-state index contributed by atoms with van der Waals surface area (Å²) in [6.45, 7) is 5.87. The molecule has 0 unspecified atom stereocenters. The van der Waals surface area contributed by atoms with Gasteiger partial charge in [-0.2, -0.15) is 5.10 Å². The molecule has 3 rings (SSSR count). The van der Waals surface area contributed by atoms with Crippen LogP contribution in [0.25, 0.3) is 11.3 Å². The van der Waals surface area contributed by atoms with Crippen LogP contribution in [0.2, 0.25) is 0 Å². The van der Waals surface area contributed by atoms with Crippen LogP contribution in [0.1, 0.15) is 31.3 Å². The zero-order valence-corrected chi connectivity index (χ0v) is 12.4. The van der Waals surface area contributed by atoms with Crippen molar-refractivity contribution in [2.24, 2.45) is 0 Å². The van der Waals surface area contributed by atoms with Crippen LogP contribution in [0.5, 0.6) is 0 Å². The van der Waals surface area contributed by atoms with Crippen molar-refractivity contribution in [1.82, 2.24) is 19.5 Å². The zero-order valence-electron chi connectivity index (χ0n) is 12.4. The summed E-state index contributed by atoms with van der Waals surface area (Å²) in [5.41, 5.74) is 1.30.